The lowest BCUT2D eigenvalue weighted by Crippen LogP contribution is -2.17. The van der Waals surface area contributed by atoms with Gasteiger partial charge in [-0.15, -0.1) is 0 Å². The van der Waals surface area contributed by atoms with Crippen molar-refractivity contribution in [3.05, 3.63) is 22.2 Å². The van der Waals surface area contributed by atoms with Crippen molar-refractivity contribution in [3.8, 4) is 0 Å². The average Bonchev–Trinajstić information content (AvgIpc) is 2.37. The second-order valence-electron chi connectivity index (χ2n) is 4.62. The predicted molar refractivity (Wildman–Crippen MR) is 71.5 cm³/mol. The molecule has 0 bridgehead atoms. The van der Waals surface area contributed by atoms with Crippen molar-refractivity contribution in [1.82, 2.24) is 0 Å². The van der Waals surface area contributed by atoms with Crippen molar-refractivity contribution in [2.75, 3.05) is 0 Å². The summed E-state index contributed by atoms with van der Waals surface area (Å²) in [6, 6.07) is 0. The minimum absolute atomic E-state index is 0.833. The minimum atomic E-state index is 0.833. The highest BCUT2D eigenvalue weighted by Gasteiger charge is 2.28. The van der Waals surface area contributed by atoms with E-state index in [1.165, 1.54) is 22.9 Å². The minimum Gasteiger partial charge on any atom is -0.0946 e. The van der Waals surface area contributed by atoms with E-state index in [0.717, 1.165) is 12.3 Å². The van der Waals surface area contributed by atoms with E-state index >= 15 is 0 Å². The van der Waals surface area contributed by atoms with Gasteiger partial charge in [-0.3, -0.25) is 0 Å². The van der Waals surface area contributed by atoms with Gasteiger partial charge in [0.1, 0.15) is 0 Å². The van der Waals surface area contributed by atoms with Gasteiger partial charge in [-0.05, 0) is 31.9 Å². The predicted octanol–water partition coefficient (Wildman–Crippen LogP) is 2.88. The molecule has 0 fully saturated rings. The molecule has 0 spiro atoms. The molecule has 0 aromatic rings. The fourth-order valence-corrected chi connectivity index (χ4v) is 4.12. The molecule has 0 saturated carbocycles. The van der Waals surface area contributed by atoms with Gasteiger partial charge in [0.15, 0.2) is 6.71 Å². The molecule has 1 aliphatic rings. The zero-order valence-electron chi connectivity index (χ0n) is 10.6. The molecule has 0 saturated heterocycles. The van der Waals surface area contributed by atoms with Gasteiger partial charge in [0.2, 0.25) is 0 Å². The van der Waals surface area contributed by atoms with Crippen LogP contribution in [0.2, 0.25) is 18.2 Å². The highest BCUT2D eigenvalue weighted by Crippen LogP contribution is 2.41. The Balaban J connectivity index is 3.03. The van der Waals surface area contributed by atoms with Gasteiger partial charge in [-0.1, -0.05) is 43.1 Å². The standard InChI is InChI=1S/C12H23BSi/c1-6-13(7-2)11-9(4)8(3)10(5)12(11)14/h12H,6-7H2,1-5,14H3. The Hall–Kier alpha value is -0.238. The fourth-order valence-electron chi connectivity index (χ4n) is 2.78. The van der Waals surface area contributed by atoms with Crippen molar-refractivity contribution in [3.63, 3.8) is 0 Å². The topological polar surface area (TPSA) is 0 Å². The smallest absolute Gasteiger partial charge is 0.0946 e. The largest absolute Gasteiger partial charge is 0.170 e. The molecule has 2 heteroatoms. The van der Waals surface area contributed by atoms with E-state index in [1.54, 1.807) is 22.2 Å². The van der Waals surface area contributed by atoms with Crippen LogP contribution in [0.4, 0.5) is 0 Å². The lowest BCUT2D eigenvalue weighted by Gasteiger charge is -2.18. The van der Waals surface area contributed by atoms with Crippen molar-refractivity contribution in [2.45, 2.75) is 52.8 Å². The number of rotatable bonds is 3. The Labute approximate surface area is 92.4 Å². The second kappa shape index (κ2) is 4.52. The van der Waals surface area contributed by atoms with Crippen LogP contribution in [0.15, 0.2) is 22.2 Å². The van der Waals surface area contributed by atoms with E-state index in [1.807, 2.05) is 0 Å². The number of hydrogen-bond donors (Lipinski definition) is 0. The van der Waals surface area contributed by atoms with Crippen molar-refractivity contribution in [1.29, 1.82) is 0 Å². The Kier molecular flexibility index (Phi) is 3.82. The summed E-state index contributed by atoms with van der Waals surface area (Å²) in [6.07, 6.45) is 2.62. The van der Waals surface area contributed by atoms with Crippen LogP contribution in [0.3, 0.4) is 0 Å². The van der Waals surface area contributed by atoms with Crippen LogP contribution < -0.4 is 0 Å². The lowest BCUT2D eigenvalue weighted by atomic mass is 9.39. The molecule has 0 radical (unpaired) electrons. The third kappa shape index (κ3) is 1.77. The van der Waals surface area contributed by atoms with E-state index in [0.29, 0.717) is 0 Å². The van der Waals surface area contributed by atoms with Crippen LogP contribution in [0.25, 0.3) is 0 Å². The van der Waals surface area contributed by atoms with Gasteiger partial charge in [0.25, 0.3) is 0 Å². The van der Waals surface area contributed by atoms with Crippen LogP contribution in [-0.2, 0) is 0 Å². The van der Waals surface area contributed by atoms with Gasteiger partial charge < -0.3 is 0 Å². The molecule has 1 unspecified atom stereocenters. The zero-order chi connectivity index (χ0) is 10.9. The maximum atomic E-state index is 2.33. The lowest BCUT2D eigenvalue weighted by molar-refractivity contribution is 1.16. The molecule has 0 heterocycles. The second-order valence-corrected chi connectivity index (χ2v) is 5.78. The monoisotopic (exact) mass is 206 g/mol. The van der Waals surface area contributed by atoms with E-state index in [2.05, 4.69) is 34.6 Å². The Bertz CT molecular complexity index is 285. The first-order valence-corrected chi connectivity index (χ1v) is 7.08. The molecule has 1 aliphatic carbocycles. The summed E-state index contributed by atoms with van der Waals surface area (Å²) >= 11 is 0. The zero-order valence-corrected chi connectivity index (χ0v) is 12.6. The van der Waals surface area contributed by atoms with Gasteiger partial charge in [0.05, 0.1) is 0 Å². The fraction of sp³-hybridized carbons (Fsp3) is 0.667. The summed E-state index contributed by atoms with van der Waals surface area (Å²) in [5, 5.41) is 0. The van der Waals surface area contributed by atoms with E-state index in [9.17, 15) is 0 Å². The van der Waals surface area contributed by atoms with Crippen LogP contribution in [0.1, 0.15) is 34.6 Å². The van der Waals surface area contributed by atoms with Gasteiger partial charge in [-0.25, -0.2) is 0 Å². The third-order valence-electron chi connectivity index (χ3n) is 4.13. The molecule has 1 rings (SSSR count). The van der Waals surface area contributed by atoms with Gasteiger partial charge >= 0.3 is 0 Å². The van der Waals surface area contributed by atoms with Gasteiger partial charge in [-0.2, -0.15) is 0 Å². The van der Waals surface area contributed by atoms with Crippen LogP contribution in [0, 0.1) is 0 Å². The maximum absolute atomic E-state index is 2.33. The average molecular weight is 206 g/mol. The van der Waals surface area contributed by atoms with Crippen LogP contribution >= 0.6 is 0 Å². The highest BCUT2D eigenvalue weighted by molar-refractivity contribution is 6.68. The SMILES string of the molecule is CCB(CC)C1=C(C)C(C)=C(C)C1[SiH3]. The van der Waals surface area contributed by atoms with Crippen LogP contribution in [-0.4, -0.2) is 17.0 Å². The van der Waals surface area contributed by atoms with Crippen molar-refractivity contribution >= 4 is 17.0 Å². The molecule has 0 aromatic heterocycles. The summed E-state index contributed by atoms with van der Waals surface area (Å²) in [6.45, 7) is 12.4. The van der Waals surface area contributed by atoms with Crippen molar-refractivity contribution in [2.24, 2.45) is 0 Å². The molecule has 0 aliphatic heterocycles. The summed E-state index contributed by atoms with van der Waals surface area (Å²) < 4.78 is 0. The van der Waals surface area contributed by atoms with E-state index in [-0.39, 0.29) is 0 Å². The summed E-state index contributed by atoms with van der Waals surface area (Å²) in [7, 11) is 1.29. The molecule has 1 atom stereocenters. The number of allylic oxidation sites excluding steroid dienone is 4. The highest BCUT2D eigenvalue weighted by atomic mass is 28.1. The summed E-state index contributed by atoms with van der Waals surface area (Å²) in [4.78, 5) is 0. The Morgan fingerprint density at radius 2 is 1.57 bits per heavy atom. The first-order chi connectivity index (χ1) is 6.54. The molecule has 14 heavy (non-hydrogen) atoms. The Morgan fingerprint density at radius 3 is 1.86 bits per heavy atom. The quantitative estimate of drug-likeness (QED) is 0.623. The maximum Gasteiger partial charge on any atom is 0.170 e. The molecule has 0 N–H and O–H groups in total. The summed E-state index contributed by atoms with van der Waals surface area (Å²) in [5.74, 6) is 0. The first kappa shape index (κ1) is 11.8. The van der Waals surface area contributed by atoms with Crippen molar-refractivity contribution < 1.29 is 0 Å². The molecular formula is C12H23BSi. The van der Waals surface area contributed by atoms with Gasteiger partial charge in [0, 0.05) is 10.2 Å². The van der Waals surface area contributed by atoms with Crippen LogP contribution in [0.5, 0.6) is 0 Å². The Morgan fingerprint density at radius 1 is 1.07 bits per heavy atom. The third-order valence-corrected chi connectivity index (χ3v) is 5.62. The normalized spacial score (nSPS) is 22.5. The number of hydrogen-bond acceptors (Lipinski definition) is 0. The molecule has 0 aromatic carbocycles. The first-order valence-electron chi connectivity index (χ1n) is 5.92. The molecule has 0 nitrogen and oxygen atoms in total. The molecule has 0 amide bonds. The molecular weight excluding hydrogens is 183 g/mol. The van der Waals surface area contributed by atoms with E-state index in [4.69, 9.17) is 0 Å². The summed E-state index contributed by atoms with van der Waals surface area (Å²) in [5.41, 5.74) is 7.44. The van der Waals surface area contributed by atoms with E-state index < -0.39 is 0 Å². The molecule has 78 valence electrons.